The van der Waals surface area contributed by atoms with Crippen LogP contribution in [0.3, 0.4) is 0 Å². The lowest BCUT2D eigenvalue weighted by Gasteiger charge is -2.29. The molecule has 2 rings (SSSR count). The lowest BCUT2D eigenvalue weighted by atomic mass is 9.77. The number of hydrogen-bond donors (Lipinski definition) is 1. The Morgan fingerprint density at radius 2 is 1.89 bits per heavy atom. The largest absolute Gasteiger partial charge is 0.498 e. The minimum Gasteiger partial charge on any atom is -0.398 e. The molecule has 1 aliphatic heterocycles. The third kappa shape index (κ3) is 2.00. The van der Waals surface area contributed by atoms with Crippen LogP contribution in [0.15, 0.2) is 12.1 Å². The Morgan fingerprint density at radius 1 is 1.28 bits per heavy atom. The number of rotatable bonds is 1. The maximum absolute atomic E-state index is 14.1. The lowest BCUT2D eigenvalue weighted by molar-refractivity contribution is 0.0545. The molecule has 0 amide bonds. The quantitative estimate of drug-likeness (QED) is 0.484. The molecule has 3 nitrogen and oxygen atoms in total. The van der Waals surface area contributed by atoms with Crippen LogP contribution in [0.25, 0.3) is 0 Å². The first-order valence-corrected chi connectivity index (χ1v) is 6.12. The Labute approximate surface area is 112 Å². The molecule has 98 valence electrons. The van der Waals surface area contributed by atoms with Gasteiger partial charge in [0, 0.05) is 16.7 Å². The normalized spacial score (nSPS) is 26.7. The highest BCUT2D eigenvalue weighted by Gasteiger charge is 2.54. The molecule has 1 atom stereocenters. The molecule has 1 fully saturated rings. The number of nitrogens with two attached hydrogens (primary N) is 1. The van der Waals surface area contributed by atoms with Crippen molar-refractivity contribution < 1.29 is 13.7 Å². The van der Waals surface area contributed by atoms with Crippen molar-refractivity contribution in [2.45, 2.75) is 38.4 Å². The number of alkyl halides is 1. The van der Waals surface area contributed by atoms with Gasteiger partial charge in [0.2, 0.25) is 0 Å². The van der Waals surface area contributed by atoms with Crippen molar-refractivity contribution in [3.63, 3.8) is 0 Å². The van der Waals surface area contributed by atoms with E-state index in [1.807, 2.05) is 13.8 Å². The molecule has 2 N–H and O–H groups in total. The maximum Gasteiger partial charge on any atom is 0.498 e. The average Bonchev–Trinajstić information content (AvgIpc) is 2.45. The van der Waals surface area contributed by atoms with Gasteiger partial charge in [0.25, 0.3) is 0 Å². The van der Waals surface area contributed by atoms with Crippen LogP contribution in [0.4, 0.5) is 10.1 Å². The molecule has 1 aromatic rings. The zero-order valence-electron chi connectivity index (χ0n) is 10.9. The van der Waals surface area contributed by atoms with Gasteiger partial charge in [-0.1, -0.05) is 17.7 Å². The van der Waals surface area contributed by atoms with E-state index in [1.165, 1.54) is 0 Å². The van der Waals surface area contributed by atoms with Crippen molar-refractivity contribution in [2.75, 3.05) is 5.73 Å². The number of anilines is 1. The zero-order chi connectivity index (χ0) is 13.7. The van der Waals surface area contributed by atoms with Crippen LogP contribution in [-0.2, 0) is 9.31 Å². The summed E-state index contributed by atoms with van der Waals surface area (Å²) in [6, 6.07) is 3.20. The molecule has 1 unspecified atom stereocenters. The van der Waals surface area contributed by atoms with Gasteiger partial charge in [-0.15, -0.1) is 0 Å². The van der Waals surface area contributed by atoms with Crippen LogP contribution in [0.5, 0.6) is 0 Å². The molecular weight excluding hydrogens is 255 g/mol. The van der Waals surface area contributed by atoms with Gasteiger partial charge in [-0.3, -0.25) is 0 Å². The van der Waals surface area contributed by atoms with Crippen LogP contribution >= 0.6 is 11.6 Å². The highest BCUT2D eigenvalue weighted by Crippen LogP contribution is 2.40. The van der Waals surface area contributed by atoms with E-state index in [-0.39, 0.29) is 0 Å². The summed E-state index contributed by atoms with van der Waals surface area (Å²) in [5.41, 5.74) is 6.05. The van der Waals surface area contributed by atoms with E-state index in [2.05, 4.69) is 0 Å². The van der Waals surface area contributed by atoms with Crippen molar-refractivity contribution in [3.05, 3.63) is 23.5 Å². The van der Waals surface area contributed by atoms with Crippen molar-refractivity contribution in [2.24, 2.45) is 0 Å². The van der Waals surface area contributed by atoms with E-state index in [0.717, 1.165) is 0 Å². The Morgan fingerprint density at radius 3 is 2.39 bits per heavy atom. The fraction of sp³-hybridized carbons (Fsp3) is 0.500. The van der Waals surface area contributed by atoms with Gasteiger partial charge in [-0.05, 0) is 33.8 Å². The minimum absolute atomic E-state index is 0.319. The van der Waals surface area contributed by atoms with Gasteiger partial charge in [0.15, 0.2) is 5.06 Å². The summed E-state index contributed by atoms with van der Waals surface area (Å²) < 4.78 is 25.4. The molecule has 0 saturated carbocycles. The van der Waals surface area contributed by atoms with E-state index in [1.54, 1.807) is 26.0 Å². The van der Waals surface area contributed by atoms with Crippen molar-refractivity contribution in [1.82, 2.24) is 0 Å². The summed E-state index contributed by atoms with van der Waals surface area (Å²) >= 11 is 6.23. The second-order valence-corrected chi connectivity index (χ2v) is 5.90. The van der Waals surface area contributed by atoms with Crippen LogP contribution in [0.1, 0.15) is 26.3 Å². The molecule has 0 aliphatic carbocycles. The molecule has 6 heteroatoms. The highest BCUT2D eigenvalue weighted by atomic mass is 35.5. The SMILES string of the molecule is Cc1c(N)ccc(B2OC(C)(C)C(C)(Cl)O2)c1F. The number of hydrogen-bond acceptors (Lipinski definition) is 3. The van der Waals surface area contributed by atoms with Gasteiger partial charge < -0.3 is 15.0 Å². The van der Waals surface area contributed by atoms with E-state index < -0.39 is 23.6 Å². The van der Waals surface area contributed by atoms with Crippen molar-refractivity contribution in [3.8, 4) is 0 Å². The molecule has 1 saturated heterocycles. The predicted octanol–water partition coefficient (Wildman–Crippen LogP) is 2.19. The first kappa shape index (κ1) is 13.7. The second-order valence-electron chi connectivity index (χ2n) is 5.18. The average molecular weight is 272 g/mol. The Kier molecular flexibility index (Phi) is 3.12. The van der Waals surface area contributed by atoms with Gasteiger partial charge in [0.05, 0.1) is 5.60 Å². The minimum atomic E-state index is -1.00. The molecule has 1 aliphatic rings. The van der Waals surface area contributed by atoms with E-state index in [4.69, 9.17) is 26.6 Å². The summed E-state index contributed by atoms with van der Waals surface area (Å²) in [4.78, 5) is 0. The number of halogens is 2. The second kappa shape index (κ2) is 4.12. The summed E-state index contributed by atoms with van der Waals surface area (Å²) in [5.74, 6) is -0.412. The Balaban J connectivity index is 2.39. The summed E-state index contributed by atoms with van der Waals surface area (Å²) in [5, 5.41) is -1.00. The molecule has 1 heterocycles. The standard InChI is InChI=1S/C12H16BClFNO2/c1-7-9(16)6-5-8(10(7)15)13-17-11(2,3)12(4,14)18-13/h5-6H,16H2,1-4H3. The first-order valence-electron chi connectivity index (χ1n) is 5.75. The molecule has 1 aromatic carbocycles. The smallest absolute Gasteiger partial charge is 0.398 e. The summed E-state index contributed by atoms with van der Waals surface area (Å²) in [7, 11) is -0.818. The van der Waals surface area contributed by atoms with Gasteiger partial charge in [-0.25, -0.2) is 4.39 Å². The van der Waals surface area contributed by atoms with Crippen LogP contribution in [-0.4, -0.2) is 17.8 Å². The molecule has 0 aromatic heterocycles. The Hall–Kier alpha value is -0.775. The van der Waals surface area contributed by atoms with Crippen molar-refractivity contribution >= 4 is 29.9 Å². The fourth-order valence-electron chi connectivity index (χ4n) is 1.77. The Bertz CT molecular complexity index is 477. The fourth-order valence-corrected chi connectivity index (χ4v) is 1.90. The van der Waals surface area contributed by atoms with E-state index in [0.29, 0.717) is 16.7 Å². The highest BCUT2D eigenvalue weighted by molar-refractivity contribution is 6.63. The topological polar surface area (TPSA) is 44.5 Å². The lowest BCUT2D eigenvalue weighted by Crippen LogP contribution is -2.39. The summed E-state index contributed by atoms with van der Waals surface area (Å²) in [6.45, 7) is 6.94. The van der Waals surface area contributed by atoms with E-state index >= 15 is 0 Å². The molecule has 0 spiro atoms. The summed E-state index contributed by atoms with van der Waals surface area (Å²) in [6.07, 6.45) is 0. The van der Waals surface area contributed by atoms with Crippen LogP contribution in [0, 0.1) is 12.7 Å². The van der Waals surface area contributed by atoms with Gasteiger partial charge in [0.1, 0.15) is 5.82 Å². The number of benzene rings is 1. The van der Waals surface area contributed by atoms with Gasteiger partial charge >= 0.3 is 7.12 Å². The van der Waals surface area contributed by atoms with Crippen LogP contribution < -0.4 is 11.2 Å². The molecule has 18 heavy (non-hydrogen) atoms. The van der Waals surface area contributed by atoms with Crippen molar-refractivity contribution in [1.29, 1.82) is 0 Å². The maximum atomic E-state index is 14.1. The molecule has 0 radical (unpaired) electrons. The monoisotopic (exact) mass is 271 g/mol. The van der Waals surface area contributed by atoms with Crippen LogP contribution in [0.2, 0.25) is 0 Å². The third-order valence-electron chi connectivity index (χ3n) is 3.52. The predicted molar refractivity (Wildman–Crippen MR) is 71.4 cm³/mol. The molecule has 0 bridgehead atoms. The number of nitrogen functional groups attached to an aromatic ring is 1. The zero-order valence-corrected chi connectivity index (χ0v) is 11.6. The van der Waals surface area contributed by atoms with E-state index in [9.17, 15) is 4.39 Å². The third-order valence-corrected chi connectivity index (χ3v) is 4.06. The molecular formula is C12H16BClFNO2. The van der Waals surface area contributed by atoms with Gasteiger partial charge in [-0.2, -0.15) is 0 Å². The first-order chi connectivity index (χ1) is 8.16.